The number of aromatic carboxylic acids is 1. The van der Waals surface area contributed by atoms with Gasteiger partial charge in [-0.3, -0.25) is 5.10 Å². The summed E-state index contributed by atoms with van der Waals surface area (Å²) < 4.78 is 0. The second-order valence-corrected chi connectivity index (χ2v) is 6.65. The van der Waals surface area contributed by atoms with E-state index in [1.165, 1.54) is 5.56 Å². The molecule has 0 aliphatic heterocycles. The third kappa shape index (κ3) is 3.17. The van der Waals surface area contributed by atoms with Crippen LogP contribution in [0.15, 0.2) is 54.6 Å². The minimum Gasteiger partial charge on any atom is -0.478 e. The topological polar surface area (TPSA) is 78.9 Å². The molecule has 5 nitrogen and oxygen atoms in total. The van der Waals surface area contributed by atoms with Crippen LogP contribution in [0.1, 0.15) is 22.8 Å². The Bertz CT molecular complexity index is 1150. The first-order valence-electron chi connectivity index (χ1n) is 8.54. The van der Waals surface area contributed by atoms with Gasteiger partial charge in [0.25, 0.3) is 0 Å². The van der Waals surface area contributed by atoms with E-state index in [4.69, 9.17) is 11.6 Å². The summed E-state index contributed by atoms with van der Waals surface area (Å²) in [5.74, 6) is -1.03. The van der Waals surface area contributed by atoms with Crippen LogP contribution in [0.2, 0.25) is 5.02 Å². The highest BCUT2D eigenvalue weighted by atomic mass is 35.5. The van der Waals surface area contributed by atoms with Gasteiger partial charge in [-0.2, -0.15) is 5.10 Å². The molecule has 0 radical (unpaired) electrons. The minimum atomic E-state index is -1.03. The Labute approximate surface area is 160 Å². The predicted octanol–water partition coefficient (Wildman–Crippen LogP) is 5.21. The zero-order valence-electron chi connectivity index (χ0n) is 14.5. The van der Waals surface area contributed by atoms with Crippen LogP contribution in [-0.2, 0) is 6.42 Å². The first-order valence-corrected chi connectivity index (χ1v) is 8.92. The third-order valence-corrected chi connectivity index (χ3v) is 4.76. The number of nitrogens with zero attached hydrogens (tertiary/aromatic N) is 2. The zero-order chi connectivity index (χ0) is 19.0. The lowest BCUT2D eigenvalue weighted by atomic mass is 10.0. The Hall–Kier alpha value is -3.18. The summed E-state index contributed by atoms with van der Waals surface area (Å²) in [6.07, 6.45) is 0.939. The van der Waals surface area contributed by atoms with Gasteiger partial charge in [0.1, 0.15) is 0 Å². The minimum absolute atomic E-state index is 0.151. The van der Waals surface area contributed by atoms with E-state index in [1.54, 1.807) is 24.3 Å². The molecule has 134 valence electrons. The van der Waals surface area contributed by atoms with Crippen molar-refractivity contribution in [1.82, 2.24) is 15.2 Å². The highest BCUT2D eigenvalue weighted by Gasteiger charge is 2.19. The average Bonchev–Trinajstić information content (AvgIpc) is 3.11. The number of aromatic amines is 1. The fourth-order valence-corrected chi connectivity index (χ4v) is 3.29. The summed E-state index contributed by atoms with van der Waals surface area (Å²) in [6.45, 7) is 2.09. The van der Waals surface area contributed by atoms with Crippen LogP contribution in [0, 0.1) is 0 Å². The molecule has 2 aromatic carbocycles. The van der Waals surface area contributed by atoms with Crippen LogP contribution in [-0.4, -0.2) is 26.3 Å². The van der Waals surface area contributed by atoms with Gasteiger partial charge in [-0.1, -0.05) is 54.9 Å². The maximum atomic E-state index is 12.0. The number of nitrogens with one attached hydrogen (secondary N) is 1. The number of fused-ring (bicyclic) bond motifs is 1. The van der Waals surface area contributed by atoms with Gasteiger partial charge in [0.2, 0.25) is 0 Å². The molecule has 2 heterocycles. The highest BCUT2D eigenvalue weighted by Crippen LogP contribution is 2.32. The lowest BCUT2D eigenvalue weighted by Gasteiger charge is -2.06. The number of carbonyl (C=O) groups is 1. The molecular formula is C21H16ClN3O2. The molecule has 0 spiro atoms. The van der Waals surface area contributed by atoms with Crippen LogP contribution in [0.25, 0.3) is 33.5 Å². The summed E-state index contributed by atoms with van der Waals surface area (Å²) >= 11 is 6.06. The molecule has 27 heavy (non-hydrogen) atoms. The fourth-order valence-electron chi connectivity index (χ4n) is 3.10. The lowest BCUT2D eigenvalue weighted by Crippen LogP contribution is -2.00. The normalized spacial score (nSPS) is 11.0. The number of carboxylic acid groups (broad SMARTS) is 1. The quantitative estimate of drug-likeness (QED) is 0.512. The second kappa shape index (κ2) is 6.85. The van der Waals surface area contributed by atoms with Crippen LogP contribution in [0.4, 0.5) is 0 Å². The van der Waals surface area contributed by atoms with Crippen molar-refractivity contribution in [3.8, 4) is 22.5 Å². The molecule has 4 rings (SSSR count). The van der Waals surface area contributed by atoms with Gasteiger partial charge in [-0.05, 0) is 30.2 Å². The smallest absolute Gasteiger partial charge is 0.336 e. The number of rotatable bonds is 4. The van der Waals surface area contributed by atoms with Crippen molar-refractivity contribution in [3.63, 3.8) is 0 Å². The molecule has 0 saturated heterocycles. The molecule has 0 aliphatic carbocycles. The zero-order valence-corrected chi connectivity index (χ0v) is 15.3. The van der Waals surface area contributed by atoms with Crippen molar-refractivity contribution < 1.29 is 9.90 Å². The molecule has 4 aromatic rings. The van der Waals surface area contributed by atoms with Crippen LogP contribution in [0.5, 0.6) is 0 Å². The molecule has 0 aliphatic rings. The number of benzene rings is 2. The van der Waals surface area contributed by atoms with Gasteiger partial charge in [-0.15, -0.1) is 0 Å². The molecule has 6 heteroatoms. The van der Waals surface area contributed by atoms with E-state index in [2.05, 4.69) is 22.1 Å². The number of aryl methyl sites for hydroxylation is 1. The van der Waals surface area contributed by atoms with Crippen molar-refractivity contribution in [2.75, 3.05) is 0 Å². The maximum Gasteiger partial charge on any atom is 0.336 e. The Balaban J connectivity index is 1.92. The Morgan fingerprint density at radius 3 is 2.56 bits per heavy atom. The summed E-state index contributed by atoms with van der Waals surface area (Å²) in [7, 11) is 0. The third-order valence-electron chi connectivity index (χ3n) is 4.53. The van der Waals surface area contributed by atoms with Gasteiger partial charge in [0.05, 0.1) is 22.3 Å². The fraction of sp³-hybridized carbons (Fsp3) is 0.0952. The molecule has 0 atom stereocenters. The Morgan fingerprint density at radius 2 is 1.89 bits per heavy atom. The van der Waals surface area contributed by atoms with E-state index < -0.39 is 5.97 Å². The van der Waals surface area contributed by atoms with Gasteiger partial charge >= 0.3 is 5.97 Å². The van der Waals surface area contributed by atoms with Crippen molar-refractivity contribution in [1.29, 1.82) is 0 Å². The monoisotopic (exact) mass is 377 g/mol. The van der Waals surface area contributed by atoms with E-state index in [1.807, 2.05) is 30.3 Å². The standard InChI is InChI=1S/C21H16ClN3O2/c1-2-12-6-8-13(9-7-12)19-18-16(21(26)27)11-17(23-20(18)25-24-19)14-4-3-5-15(22)10-14/h3-11H,2H2,1H3,(H,26,27)(H,23,24,25). The summed E-state index contributed by atoms with van der Waals surface area (Å²) in [5, 5.41) is 18.1. The number of hydrogen-bond acceptors (Lipinski definition) is 3. The van der Waals surface area contributed by atoms with E-state index in [0.717, 1.165) is 17.5 Å². The molecular weight excluding hydrogens is 362 g/mol. The summed E-state index contributed by atoms with van der Waals surface area (Å²) in [6, 6.07) is 16.7. The first-order chi connectivity index (χ1) is 13.1. The summed E-state index contributed by atoms with van der Waals surface area (Å²) in [4.78, 5) is 16.5. The number of pyridine rings is 1. The lowest BCUT2D eigenvalue weighted by molar-refractivity contribution is 0.0699. The Morgan fingerprint density at radius 1 is 1.11 bits per heavy atom. The van der Waals surface area contributed by atoms with Crippen molar-refractivity contribution in [2.45, 2.75) is 13.3 Å². The van der Waals surface area contributed by atoms with Crippen LogP contribution in [0.3, 0.4) is 0 Å². The number of hydrogen-bond donors (Lipinski definition) is 2. The molecule has 2 N–H and O–H groups in total. The number of H-pyrrole nitrogens is 1. The summed E-state index contributed by atoms with van der Waals surface area (Å²) in [5.41, 5.74) is 4.50. The SMILES string of the molecule is CCc1ccc(-c2[nH]nc3nc(-c4cccc(Cl)c4)cc(C(=O)O)c23)cc1. The van der Waals surface area contributed by atoms with Crippen molar-refractivity contribution >= 4 is 28.6 Å². The number of carboxylic acids is 1. The Kier molecular flexibility index (Phi) is 4.38. The first kappa shape index (κ1) is 17.2. The van der Waals surface area contributed by atoms with E-state index in [-0.39, 0.29) is 5.56 Å². The molecule has 0 bridgehead atoms. The molecule has 0 fully saturated rings. The van der Waals surface area contributed by atoms with Crippen LogP contribution >= 0.6 is 11.6 Å². The largest absolute Gasteiger partial charge is 0.478 e. The van der Waals surface area contributed by atoms with E-state index in [9.17, 15) is 9.90 Å². The second-order valence-electron chi connectivity index (χ2n) is 6.22. The van der Waals surface area contributed by atoms with Crippen molar-refractivity contribution in [2.24, 2.45) is 0 Å². The van der Waals surface area contributed by atoms with Gasteiger partial charge in [-0.25, -0.2) is 9.78 Å². The van der Waals surface area contributed by atoms with Gasteiger partial charge in [0.15, 0.2) is 5.65 Å². The van der Waals surface area contributed by atoms with E-state index in [0.29, 0.717) is 27.4 Å². The molecule has 0 unspecified atom stereocenters. The van der Waals surface area contributed by atoms with Crippen molar-refractivity contribution in [3.05, 3.63) is 70.7 Å². The molecule has 0 amide bonds. The highest BCUT2D eigenvalue weighted by molar-refractivity contribution is 6.30. The van der Waals surface area contributed by atoms with Gasteiger partial charge < -0.3 is 5.11 Å². The van der Waals surface area contributed by atoms with Crippen LogP contribution < -0.4 is 0 Å². The van der Waals surface area contributed by atoms with E-state index >= 15 is 0 Å². The molecule has 2 aromatic heterocycles. The maximum absolute atomic E-state index is 12.0. The molecule has 0 saturated carbocycles. The predicted molar refractivity (Wildman–Crippen MR) is 106 cm³/mol. The average molecular weight is 378 g/mol. The van der Waals surface area contributed by atoms with Gasteiger partial charge in [0, 0.05) is 16.1 Å². The number of halogens is 1. The number of aromatic nitrogens is 3.